The van der Waals surface area contributed by atoms with Crippen LogP contribution in [0.2, 0.25) is 0 Å². The molecular formula is C48H60N8O6. The number of methoxy groups -OCH3 is 2. The van der Waals surface area contributed by atoms with E-state index in [1.807, 2.05) is 49.9 Å². The van der Waals surface area contributed by atoms with Crippen LogP contribution in [0.15, 0.2) is 48.8 Å². The summed E-state index contributed by atoms with van der Waals surface area (Å²) in [7, 11) is 2.64. The number of alkyl carbamates (subject to hydrolysis) is 2. The van der Waals surface area contributed by atoms with Crippen LogP contribution in [0.4, 0.5) is 9.59 Å². The average Bonchev–Trinajstić information content (AvgIpc) is 4.14. The Kier molecular flexibility index (Phi) is 11.4. The number of aromatic amines is 2. The monoisotopic (exact) mass is 844 g/mol. The molecule has 2 saturated carbocycles. The van der Waals surface area contributed by atoms with Crippen molar-refractivity contribution in [3.63, 3.8) is 0 Å². The number of hydrogen-bond acceptors (Lipinski definition) is 8. The van der Waals surface area contributed by atoms with Gasteiger partial charge in [0, 0.05) is 35.6 Å². The van der Waals surface area contributed by atoms with Gasteiger partial charge >= 0.3 is 12.2 Å². The van der Waals surface area contributed by atoms with E-state index in [1.54, 1.807) is 0 Å². The Morgan fingerprint density at radius 1 is 0.629 bits per heavy atom. The molecule has 0 radical (unpaired) electrons. The van der Waals surface area contributed by atoms with Gasteiger partial charge in [0.1, 0.15) is 23.7 Å². The Bertz CT molecular complexity index is 2190. The number of nitrogens with zero attached hydrogens (tertiary/aromatic N) is 4. The fourth-order valence-electron chi connectivity index (χ4n) is 11.3. The summed E-state index contributed by atoms with van der Waals surface area (Å²) in [6.45, 7) is 7.77. The molecule has 8 bridgehead atoms. The zero-order chi connectivity index (χ0) is 43.4. The summed E-state index contributed by atoms with van der Waals surface area (Å²) in [5.74, 6) is 1.84. The topological polar surface area (TPSA) is 175 Å². The number of piperidine rings is 2. The summed E-state index contributed by atoms with van der Waals surface area (Å²) in [5, 5.41) is 5.58. The van der Waals surface area contributed by atoms with Crippen LogP contribution in [0, 0.1) is 23.7 Å². The van der Waals surface area contributed by atoms with Crippen LogP contribution in [0.5, 0.6) is 0 Å². The largest absolute Gasteiger partial charge is 0.453 e. The first-order chi connectivity index (χ1) is 29.9. The molecule has 4 aromatic rings. The van der Waals surface area contributed by atoms with E-state index in [-0.39, 0.29) is 47.8 Å². The van der Waals surface area contributed by atoms with Crippen LogP contribution in [0.3, 0.4) is 0 Å². The van der Waals surface area contributed by atoms with Crippen molar-refractivity contribution in [1.29, 1.82) is 0 Å². The number of hydrogen-bond donors (Lipinski definition) is 4. The van der Waals surface area contributed by atoms with Gasteiger partial charge in [-0.15, -0.1) is 0 Å². The molecule has 4 amide bonds. The predicted molar refractivity (Wildman–Crippen MR) is 233 cm³/mol. The molecule has 8 atom stereocenters. The van der Waals surface area contributed by atoms with Crippen molar-refractivity contribution in [2.75, 3.05) is 14.2 Å². The molecule has 2 aromatic heterocycles. The molecule has 14 heteroatoms. The molecule has 6 aliphatic carbocycles. The van der Waals surface area contributed by atoms with Gasteiger partial charge in [-0.2, -0.15) is 0 Å². The van der Waals surface area contributed by atoms with Crippen LogP contribution in [-0.2, 0) is 44.7 Å². The standard InChI is InChI=1S/C48H60N8O6/c1-25(2)39(53-47(59)61-5)45(57)55-33-17-15-31(21-33)41(55)43-49-23-37(51-43)35-19-27-7-11-29(35)13-9-28-8-12-30(14-10-27)36(20-28)38-24-50-44(52-38)42-32-16-18-34(22-32)56(42)46(58)40(26(3)4)54-48(60)62-6/h7-8,11-12,19-20,23-26,31-34,39-42H,9-10,13-18,21-22H2,1-6H3,(H,49,51)(H,50,52)(H,53,59)(H,54,60)/t31?,32?,33?,34?,39-,40-,41-,42?/m0/s1. The first kappa shape index (κ1) is 41.7. The van der Waals surface area contributed by atoms with Gasteiger partial charge in [-0.3, -0.25) is 9.59 Å². The summed E-state index contributed by atoms with van der Waals surface area (Å²) < 4.78 is 9.74. The number of benzene rings is 2. The fourth-order valence-corrected chi connectivity index (χ4v) is 11.3. The number of amides is 4. The lowest BCUT2D eigenvalue weighted by Crippen LogP contribution is -2.54. The highest BCUT2D eigenvalue weighted by Gasteiger charge is 2.53. The van der Waals surface area contributed by atoms with Gasteiger partial charge in [-0.05, 0) is 122 Å². The second kappa shape index (κ2) is 16.9. The van der Waals surface area contributed by atoms with E-state index in [0.29, 0.717) is 11.8 Å². The number of H-pyrrole nitrogens is 2. The van der Waals surface area contributed by atoms with Crippen LogP contribution in [0.25, 0.3) is 22.5 Å². The molecule has 5 unspecified atom stereocenters. The molecule has 4 fully saturated rings. The minimum atomic E-state index is -0.686. The quantitative estimate of drug-likeness (QED) is 0.130. The Hall–Kier alpha value is -5.66. The SMILES string of the molecule is COC(=O)N[C@H](C(=O)N1C2CCC(C2)C1c1nc(-c2cc3ccc2CCc2ccc(c(-c4c[nH]c([C@@H]5C6CCC(C6)N5C(=O)[C@@H](NC(=O)OC)C(C)C)n4)c2)CC3)c[nH]1)C(C)C. The number of ether oxygens (including phenoxy) is 2. The van der Waals surface area contributed by atoms with E-state index in [2.05, 4.69) is 57.0 Å². The smallest absolute Gasteiger partial charge is 0.407 e. The van der Waals surface area contributed by atoms with Crippen molar-refractivity contribution in [2.24, 2.45) is 23.7 Å². The maximum Gasteiger partial charge on any atom is 0.407 e. The van der Waals surface area contributed by atoms with Gasteiger partial charge in [0.2, 0.25) is 11.8 Å². The first-order valence-electron chi connectivity index (χ1n) is 22.6. The third-order valence-electron chi connectivity index (χ3n) is 14.5. The number of aryl methyl sites for hydroxylation is 4. The minimum absolute atomic E-state index is 0.0822. The highest BCUT2D eigenvalue weighted by molar-refractivity contribution is 5.88. The second-order valence-electron chi connectivity index (χ2n) is 18.9. The summed E-state index contributed by atoms with van der Waals surface area (Å²) >= 11 is 0. The van der Waals surface area contributed by atoms with Gasteiger partial charge < -0.3 is 39.9 Å². The minimum Gasteiger partial charge on any atom is -0.453 e. The molecule has 2 aliphatic heterocycles. The van der Waals surface area contributed by atoms with E-state index >= 15 is 0 Å². The predicted octanol–water partition coefficient (Wildman–Crippen LogP) is 7.22. The summed E-state index contributed by atoms with van der Waals surface area (Å²) in [6, 6.07) is 12.1. The number of likely N-dealkylation sites (tertiary alicyclic amines) is 2. The number of aromatic nitrogens is 4. The zero-order valence-corrected chi connectivity index (χ0v) is 36.7. The van der Waals surface area contributed by atoms with Crippen molar-refractivity contribution in [3.05, 3.63) is 82.7 Å². The molecule has 4 heterocycles. The summed E-state index contributed by atoms with van der Waals surface area (Å²) in [6.07, 6.45) is 11.9. The van der Waals surface area contributed by atoms with Gasteiger partial charge in [0.25, 0.3) is 0 Å². The van der Waals surface area contributed by atoms with E-state index in [4.69, 9.17) is 19.4 Å². The van der Waals surface area contributed by atoms with E-state index in [0.717, 1.165) is 98.4 Å². The van der Waals surface area contributed by atoms with Crippen molar-refractivity contribution in [1.82, 2.24) is 40.4 Å². The first-order valence-corrected chi connectivity index (χ1v) is 22.6. The Morgan fingerprint density at radius 2 is 1.05 bits per heavy atom. The number of imidazole rings is 2. The number of nitrogens with one attached hydrogen (secondary N) is 4. The van der Waals surface area contributed by atoms with Crippen molar-refractivity contribution >= 4 is 24.0 Å². The molecule has 62 heavy (non-hydrogen) atoms. The number of fused-ring (bicyclic) bond motifs is 4. The molecule has 12 rings (SSSR count). The third-order valence-corrected chi connectivity index (χ3v) is 14.5. The Morgan fingerprint density at radius 3 is 1.44 bits per heavy atom. The number of carbonyl (C=O) groups is 4. The van der Waals surface area contributed by atoms with Gasteiger partial charge in [0.15, 0.2) is 0 Å². The molecule has 14 nitrogen and oxygen atoms in total. The highest BCUT2D eigenvalue weighted by Crippen LogP contribution is 2.51. The zero-order valence-electron chi connectivity index (χ0n) is 36.7. The molecule has 328 valence electrons. The molecule has 8 aliphatic rings. The highest BCUT2D eigenvalue weighted by atomic mass is 16.5. The lowest BCUT2D eigenvalue weighted by Gasteiger charge is -2.37. The van der Waals surface area contributed by atoms with Crippen LogP contribution >= 0.6 is 0 Å². The average molecular weight is 845 g/mol. The Labute approximate surface area is 363 Å². The lowest BCUT2D eigenvalue weighted by molar-refractivity contribution is -0.140. The molecule has 4 N–H and O–H groups in total. The van der Waals surface area contributed by atoms with Crippen molar-refractivity contribution < 1.29 is 28.7 Å². The van der Waals surface area contributed by atoms with Gasteiger partial charge in [-0.25, -0.2) is 19.6 Å². The number of carbonyl (C=O) groups excluding carboxylic acids is 4. The maximum absolute atomic E-state index is 14.2. The van der Waals surface area contributed by atoms with E-state index in [1.165, 1.54) is 36.5 Å². The maximum atomic E-state index is 14.2. The van der Waals surface area contributed by atoms with Crippen molar-refractivity contribution in [3.8, 4) is 22.5 Å². The van der Waals surface area contributed by atoms with Crippen molar-refractivity contribution in [2.45, 2.75) is 128 Å². The molecule has 2 aromatic carbocycles. The van der Waals surface area contributed by atoms with Crippen LogP contribution in [0.1, 0.15) is 112 Å². The summed E-state index contributed by atoms with van der Waals surface area (Å²) in [4.78, 5) is 74.3. The number of rotatable bonds is 10. The molecular weight excluding hydrogens is 785 g/mol. The van der Waals surface area contributed by atoms with Gasteiger partial charge in [-0.1, -0.05) is 52.0 Å². The van der Waals surface area contributed by atoms with Crippen LogP contribution in [-0.4, -0.2) is 92.1 Å². The molecule has 0 spiro atoms. The van der Waals surface area contributed by atoms with Gasteiger partial charge in [0.05, 0.1) is 37.7 Å². The third kappa shape index (κ3) is 7.63. The normalized spacial score (nSPS) is 24.6. The fraction of sp³-hybridized carbons (Fsp3) is 0.542. The molecule has 2 saturated heterocycles. The Balaban J connectivity index is 0.954. The summed E-state index contributed by atoms with van der Waals surface area (Å²) in [5.41, 5.74) is 8.83. The van der Waals surface area contributed by atoms with Crippen LogP contribution < -0.4 is 10.6 Å². The van der Waals surface area contributed by atoms with E-state index < -0.39 is 24.3 Å². The second-order valence-corrected chi connectivity index (χ2v) is 18.9. The van der Waals surface area contributed by atoms with E-state index in [9.17, 15) is 19.2 Å². The lowest BCUT2D eigenvalue weighted by atomic mass is 9.90.